The van der Waals surface area contributed by atoms with Gasteiger partial charge in [-0.3, -0.25) is 9.78 Å². The molecule has 0 radical (unpaired) electrons. The Morgan fingerprint density at radius 2 is 1.91 bits per heavy atom. The molecule has 0 bridgehead atoms. The first-order chi connectivity index (χ1) is 16.4. The Kier molecular flexibility index (Phi) is 8.33. The van der Waals surface area contributed by atoms with Crippen LogP contribution in [0.25, 0.3) is 0 Å². The van der Waals surface area contributed by atoms with Gasteiger partial charge in [-0.15, -0.1) is 6.58 Å². The summed E-state index contributed by atoms with van der Waals surface area (Å²) in [7, 11) is 0. The molecule has 1 aromatic carbocycles. The van der Waals surface area contributed by atoms with Crippen molar-refractivity contribution in [3.63, 3.8) is 0 Å². The summed E-state index contributed by atoms with van der Waals surface area (Å²) in [5.74, 6) is -0.740. The lowest BCUT2D eigenvalue weighted by Crippen LogP contribution is -2.58. The van der Waals surface area contributed by atoms with Crippen LogP contribution in [0.15, 0.2) is 55.3 Å². The number of pyridine rings is 1. The third-order valence-electron chi connectivity index (χ3n) is 6.43. The third kappa shape index (κ3) is 6.07. The molecule has 0 aliphatic carbocycles. The van der Waals surface area contributed by atoms with Gasteiger partial charge in [0.2, 0.25) is 5.91 Å². The van der Waals surface area contributed by atoms with Crippen LogP contribution < -0.4 is 0 Å². The van der Waals surface area contributed by atoms with Crippen LogP contribution in [0, 0.1) is 5.41 Å². The molecule has 35 heavy (non-hydrogen) atoms. The van der Waals surface area contributed by atoms with Crippen molar-refractivity contribution in [2.45, 2.75) is 77.5 Å². The molecular formula is C28H34Cl2N2O3. The highest BCUT2D eigenvalue weighted by atomic mass is 35.5. The van der Waals surface area contributed by atoms with Crippen molar-refractivity contribution in [3.05, 3.63) is 76.6 Å². The monoisotopic (exact) mass is 516 g/mol. The summed E-state index contributed by atoms with van der Waals surface area (Å²) in [4.78, 5) is 34.0. The normalized spacial score (nSPS) is 23.6. The third-order valence-corrected chi connectivity index (χ3v) is 6.92. The summed E-state index contributed by atoms with van der Waals surface area (Å²) in [5.41, 5.74) is 0.188. The molecular weight excluding hydrogens is 483 g/mol. The van der Waals surface area contributed by atoms with Crippen LogP contribution in [0.3, 0.4) is 0 Å². The van der Waals surface area contributed by atoms with E-state index < -0.39 is 29.1 Å². The van der Waals surface area contributed by atoms with E-state index in [1.165, 1.54) is 0 Å². The summed E-state index contributed by atoms with van der Waals surface area (Å²) >= 11 is 12.6. The van der Waals surface area contributed by atoms with Gasteiger partial charge in [0.25, 0.3) is 0 Å². The van der Waals surface area contributed by atoms with E-state index in [2.05, 4.69) is 11.6 Å². The predicted molar refractivity (Wildman–Crippen MR) is 140 cm³/mol. The minimum Gasteiger partial charge on any atom is -0.458 e. The number of nitrogens with zero attached hydrogens (tertiary/aromatic N) is 2. The van der Waals surface area contributed by atoms with Gasteiger partial charge >= 0.3 is 5.97 Å². The Hall–Kier alpha value is -2.37. The fourth-order valence-corrected chi connectivity index (χ4v) is 5.22. The number of piperidine rings is 1. The molecule has 3 rings (SSSR count). The molecule has 1 fully saturated rings. The maximum absolute atomic E-state index is 14.2. The van der Waals surface area contributed by atoms with Gasteiger partial charge < -0.3 is 9.64 Å². The fourth-order valence-electron chi connectivity index (χ4n) is 4.93. The first-order valence-electron chi connectivity index (χ1n) is 11.9. The van der Waals surface area contributed by atoms with Crippen molar-refractivity contribution < 1.29 is 14.3 Å². The topological polar surface area (TPSA) is 59.5 Å². The van der Waals surface area contributed by atoms with Gasteiger partial charge in [0, 0.05) is 27.9 Å². The quantitative estimate of drug-likeness (QED) is 0.289. The molecule has 2 heterocycles. The molecule has 4 unspecified atom stereocenters. The van der Waals surface area contributed by atoms with E-state index in [4.69, 9.17) is 27.9 Å². The lowest BCUT2D eigenvalue weighted by Gasteiger charge is -2.51. The molecule has 0 saturated carbocycles. The molecule has 188 valence electrons. The zero-order valence-electron chi connectivity index (χ0n) is 21.1. The Morgan fingerprint density at radius 3 is 2.46 bits per heavy atom. The molecule has 7 heteroatoms. The maximum Gasteiger partial charge on any atom is 0.329 e. The Labute approximate surface area is 218 Å². The number of ether oxygens (including phenoxy) is 1. The van der Waals surface area contributed by atoms with Crippen LogP contribution in [0.5, 0.6) is 0 Å². The SMILES string of the molecule is C=CCC1(C)CC(c2cc(Cl)ccn2)C(c2ccc(Cl)cc2)N(C(CC)C(=O)OC(C)(C)C)C1=O. The molecule has 5 nitrogen and oxygen atoms in total. The second-order valence-electron chi connectivity index (χ2n) is 10.4. The van der Waals surface area contributed by atoms with E-state index in [0.29, 0.717) is 29.3 Å². The van der Waals surface area contributed by atoms with Gasteiger partial charge in [-0.05, 0) is 69.9 Å². The van der Waals surface area contributed by atoms with Crippen LogP contribution in [0.1, 0.15) is 77.1 Å². The number of allylic oxidation sites excluding steroid dienone is 1. The van der Waals surface area contributed by atoms with Crippen molar-refractivity contribution >= 4 is 35.1 Å². The smallest absolute Gasteiger partial charge is 0.329 e. The van der Waals surface area contributed by atoms with E-state index in [1.807, 2.05) is 52.8 Å². The number of likely N-dealkylation sites (tertiary alicyclic amines) is 1. The number of carbonyl (C=O) groups excluding carboxylic acids is 2. The van der Waals surface area contributed by atoms with Gasteiger partial charge in [0.05, 0.1) is 11.5 Å². The molecule has 4 atom stereocenters. The van der Waals surface area contributed by atoms with Crippen molar-refractivity contribution in [1.82, 2.24) is 9.88 Å². The van der Waals surface area contributed by atoms with Gasteiger partial charge in [-0.2, -0.15) is 0 Å². The summed E-state index contributed by atoms with van der Waals surface area (Å²) in [6, 6.07) is 9.75. The van der Waals surface area contributed by atoms with E-state index in [1.54, 1.807) is 35.4 Å². The minimum absolute atomic E-state index is 0.103. The molecule has 0 N–H and O–H groups in total. The Morgan fingerprint density at radius 1 is 1.26 bits per heavy atom. The standard InChI is InChI=1S/C28H34Cl2N2O3/c1-7-14-28(6)17-21(22-16-20(30)13-15-31-22)24(18-9-11-19(29)12-10-18)32(26(28)34)23(8-2)25(33)35-27(3,4)5/h7,9-13,15-16,21,23-24H,1,8,14,17H2,2-6H3. The van der Waals surface area contributed by atoms with E-state index in [0.717, 1.165) is 11.3 Å². The van der Waals surface area contributed by atoms with Crippen LogP contribution in [-0.4, -0.2) is 33.4 Å². The number of benzene rings is 1. The molecule has 1 aliphatic heterocycles. The highest BCUT2D eigenvalue weighted by Gasteiger charge is 2.53. The fraction of sp³-hybridized carbons (Fsp3) is 0.464. The number of amides is 1. The molecule has 1 amide bonds. The Bertz CT molecular complexity index is 1080. The van der Waals surface area contributed by atoms with Crippen molar-refractivity contribution in [3.8, 4) is 0 Å². The first-order valence-corrected chi connectivity index (χ1v) is 12.7. The van der Waals surface area contributed by atoms with Crippen molar-refractivity contribution in [2.75, 3.05) is 0 Å². The first kappa shape index (κ1) is 27.2. The molecule has 2 aromatic rings. The number of hydrogen-bond donors (Lipinski definition) is 0. The van der Waals surface area contributed by atoms with Crippen LogP contribution in [0.4, 0.5) is 0 Å². The molecule has 1 saturated heterocycles. The number of hydrogen-bond acceptors (Lipinski definition) is 4. The average molecular weight is 517 g/mol. The average Bonchev–Trinajstić information content (AvgIpc) is 2.77. The largest absolute Gasteiger partial charge is 0.458 e. The zero-order valence-corrected chi connectivity index (χ0v) is 22.6. The van der Waals surface area contributed by atoms with Crippen LogP contribution >= 0.6 is 23.2 Å². The number of halogens is 2. The van der Waals surface area contributed by atoms with Crippen molar-refractivity contribution in [2.24, 2.45) is 5.41 Å². The summed E-state index contributed by atoms with van der Waals surface area (Å²) in [6.45, 7) is 13.2. The van der Waals surface area contributed by atoms with Crippen LogP contribution in [-0.2, 0) is 14.3 Å². The van der Waals surface area contributed by atoms with Gasteiger partial charge in [0.15, 0.2) is 0 Å². The highest BCUT2D eigenvalue weighted by molar-refractivity contribution is 6.30. The molecule has 1 aromatic heterocycles. The maximum atomic E-state index is 14.2. The minimum atomic E-state index is -0.770. The Balaban J connectivity index is 2.24. The highest BCUT2D eigenvalue weighted by Crippen LogP contribution is 2.52. The second-order valence-corrected chi connectivity index (χ2v) is 11.3. The van der Waals surface area contributed by atoms with Gasteiger partial charge in [0.1, 0.15) is 11.6 Å². The van der Waals surface area contributed by atoms with Gasteiger partial charge in [-0.1, -0.05) is 55.3 Å². The van der Waals surface area contributed by atoms with E-state index >= 15 is 0 Å². The number of rotatable bonds is 7. The molecule has 0 spiro atoms. The van der Waals surface area contributed by atoms with E-state index in [-0.39, 0.29) is 11.8 Å². The predicted octanol–water partition coefficient (Wildman–Crippen LogP) is 7.15. The second kappa shape index (κ2) is 10.7. The summed E-state index contributed by atoms with van der Waals surface area (Å²) < 4.78 is 5.77. The zero-order chi connectivity index (χ0) is 26.0. The number of esters is 1. The van der Waals surface area contributed by atoms with Crippen LogP contribution in [0.2, 0.25) is 10.0 Å². The summed E-state index contributed by atoms with van der Waals surface area (Å²) in [5, 5.41) is 1.16. The van der Waals surface area contributed by atoms with Crippen molar-refractivity contribution in [1.29, 1.82) is 0 Å². The number of carbonyl (C=O) groups is 2. The van der Waals surface area contributed by atoms with Gasteiger partial charge in [-0.25, -0.2) is 4.79 Å². The summed E-state index contributed by atoms with van der Waals surface area (Å²) in [6.07, 6.45) is 4.84. The van der Waals surface area contributed by atoms with E-state index in [9.17, 15) is 9.59 Å². The number of aromatic nitrogens is 1. The lowest BCUT2D eigenvalue weighted by molar-refractivity contribution is -0.173. The molecule has 1 aliphatic rings. The lowest BCUT2D eigenvalue weighted by atomic mass is 9.68.